The van der Waals surface area contributed by atoms with E-state index < -0.39 is 5.82 Å². The Morgan fingerprint density at radius 1 is 1.50 bits per heavy atom. The summed E-state index contributed by atoms with van der Waals surface area (Å²) in [4.78, 5) is 3.92. The van der Waals surface area contributed by atoms with Crippen molar-refractivity contribution in [3.05, 3.63) is 35.8 Å². The first-order valence-corrected chi connectivity index (χ1v) is 4.28. The number of hydrogen-bond donors (Lipinski definition) is 1. The molecule has 1 rings (SSSR count). The molecule has 0 aliphatic carbocycles. The average Bonchev–Trinajstić information content (AvgIpc) is 2.14. The molecule has 0 saturated carbocycles. The normalized spacial score (nSPS) is 12.4. The van der Waals surface area contributed by atoms with Crippen LogP contribution >= 0.6 is 0 Å². The van der Waals surface area contributed by atoms with Gasteiger partial charge in [-0.1, -0.05) is 0 Å². The second kappa shape index (κ2) is 4.56. The van der Waals surface area contributed by atoms with Crippen LogP contribution in [0.25, 0.3) is 5.57 Å². The first-order valence-electron chi connectivity index (χ1n) is 4.28. The molecule has 0 aliphatic rings. The molecule has 0 radical (unpaired) electrons. The lowest BCUT2D eigenvalue weighted by atomic mass is 10.1. The molecule has 0 spiro atoms. The number of allylic oxidation sites excluding steroid dienone is 1. The zero-order chi connectivity index (χ0) is 10.6. The number of hydrogen-bond acceptors (Lipinski definition) is 2. The van der Waals surface area contributed by atoms with Crippen molar-refractivity contribution < 1.29 is 9.50 Å². The Hall–Kier alpha value is -1.64. The molecule has 1 N–H and O–H groups in total. The predicted octanol–water partition coefficient (Wildman–Crippen LogP) is 2.98. The van der Waals surface area contributed by atoms with Gasteiger partial charge in [0.15, 0.2) is 0 Å². The molecule has 2 nitrogen and oxygen atoms in total. The minimum Gasteiger partial charge on any atom is -0.507 e. The third kappa shape index (κ3) is 2.42. The molecule has 0 amide bonds. The highest BCUT2D eigenvalue weighted by atomic mass is 19.1. The van der Waals surface area contributed by atoms with Gasteiger partial charge in [-0.25, -0.2) is 4.39 Å². The van der Waals surface area contributed by atoms with E-state index in [0.717, 1.165) is 11.6 Å². The van der Waals surface area contributed by atoms with Gasteiger partial charge in [-0.2, -0.15) is 0 Å². The molecule has 74 valence electrons. The molecule has 0 aliphatic heterocycles. The number of halogens is 1. The van der Waals surface area contributed by atoms with Gasteiger partial charge in [0.2, 0.25) is 0 Å². The molecule has 3 heteroatoms. The molecule has 0 saturated heterocycles. The summed E-state index contributed by atoms with van der Waals surface area (Å²) in [6, 6.07) is 3.92. The summed E-state index contributed by atoms with van der Waals surface area (Å²) in [5.41, 5.74) is 1.39. The lowest BCUT2D eigenvalue weighted by Crippen LogP contribution is -1.82. The number of benzene rings is 1. The monoisotopic (exact) mass is 193 g/mol. The lowest BCUT2D eigenvalue weighted by Gasteiger charge is -2.03. The van der Waals surface area contributed by atoms with Crippen molar-refractivity contribution in [1.29, 1.82) is 0 Å². The van der Waals surface area contributed by atoms with E-state index in [4.69, 9.17) is 0 Å². The number of phenolic OH excluding ortho intramolecular Hbond substituents is 1. The van der Waals surface area contributed by atoms with Crippen LogP contribution in [0, 0.1) is 5.82 Å². The standard InChI is InChI=1S/C11H12FNO/c1-3-13-7-8(2)10-5-4-9(12)6-11(10)14/h3-7,14H,1-2H3. The van der Waals surface area contributed by atoms with Gasteiger partial charge in [0, 0.05) is 24.0 Å². The van der Waals surface area contributed by atoms with Crippen molar-refractivity contribution in [1.82, 2.24) is 0 Å². The molecule has 0 aromatic heterocycles. The number of nitrogens with zero attached hydrogens (tertiary/aromatic N) is 1. The van der Waals surface area contributed by atoms with Crippen LogP contribution in [0.1, 0.15) is 19.4 Å². The molecule has 0 bridgehead atoms. The number of aromatic hydroxyl groups is 1. The van der Waals surface area contributed by atoms with E-state index in [1.54, 1.807) is 26.3 Å². The fourth-order valence-electron chi connectivity index (χ4n) is 1.09. The number of phenols is 1. The maximum Gasteiger partial charge on any atom is 0.126 e. The maximum absolute atomic E-state index is 12.7. The summed E-state index contributed by atoms with van der Waals surface area (Å²) in [6.07, 6.45) is 3.26. The third-order valence-corrected chi connectivity index (χ3v) is 1.80. The van der Waals surface area contributed by atoms with Crippen molar-refractivity contribution in [2.45, 2.75) is 13.8 Å². The van der Waals surface area contributed by atoms with Crippen LogP contribution in [-0.4, -0.2) is 11.3 Å². The van der Waals surface area contributed by atoms with Crippen LogP contribution in [0.15, 0.2) is 29.4 Å². The lowest BCUT2D eigenvalue weighted by molar-refractivity contribution is 0.467. The fourth-order valence-corrected chi connectivity index (χ4v) is 1.09. The van der Waals surface area contributed by atoms with Crippen molar-refractivity contribution in [3.63, 3.8) is 0 Å². The SMILES string of the molecule is CC=NC=C(C)c1ccc(F)cc1O. The molecule has 0 unspecified atom stereocenters. The van der Waals surface area contributed by atoms with Gasteiger partial charge in [-0.05, 0) is 31.6 Å². The summed E-state index contributed by atoms with van der Waals surface area (Å²) in [6.45, 7) is 3.61. The number of aliphatic imine (C=N–C) groups is 1. The molecular formula is C11H12FNO. The van der Waals surface area contributed by atoms with E-state index in [1.807, 2.05) is 0 Å². The first-order chi connectivity index (χ1) is 6.65. The zero-order valence-electron chi connectivity index (χ0n) is 8.16. The van der Waals surface area contributed by atoms with Crippen molar-refractivity contribution in [3.8, 4) is 5.75 Å². The molecule has 14 heavy (non-hydrogen) atoms. The molecule has 0 fully saturated rings. The largest absolute Gasteiger partial charge is 0.507 e. The Labute approximate surface area is 82.4 Å². The van der Waals surface area contributed by atoms with Gasteiger partial charge in [0.25, 0.3) is 0 Å². The van der Waals surface area contributed by atoms with Gasteiger partial charge < -0.3 is 5.11 Å². The Morgan fingerprint density at radius 3 is 2.79 bits per heavy atom. The van der Waals surface area contributed by atoms with Crippen LogP contribution < -0.4 is 0 Å². The minimum absolute atomic E-state index is 0.0648. The summed E-state index contributed by atoms with van der Waals surface area (Å²) in [7, 11) is 0. The van der Waals surface area contributed by atoms with Crippen molar-refractivity contribution >= 4 is 11.8 Å². The van der Waals surface area contributed by atoms with E-state index in [-0.39, 0.29) is 5.75 Å². The van der Waals surface area contributed by atoms with E-state index in [2.05, 4.69) is 4.99 Å². The molecular weight excluding hydrogens is 181 g/mol. The molecule has 1 aromatic rings. The van der Waals surface area contributed by atoms with Gasteiger partial charge in [0.05, 0.1) is 0 Å². The van der Waals surface area contributed by atoms with E-state index >= 15 is 0 Å². The second-order valence-electron chi connectivity index (χ2n) is 2.88. The Balaban J connectivity index is 3.07. The summed E-state index contributed by atoms with van der Waals surface area (Å²) in [5, 5.41) is 9.43. The summed E-state index contributed by atoms with van der Waals surface area (Å²) >= 11 is 0. The van der Waals surface area contributed by atoms with Crippen LogP contribution in [0.5, 0.6) is 5.75 Å². The molecule has 0 heterocycles. The van der Waals surface area contributed by atoms with E-state index in [0.29, 0.717) is 5.56 Å². The highest BCUT2D eigenvalue weighted by Crippen LogP contribution is 2.25. The zero-order valence-corrected chi connectivity index (χ0v) is 8.16. The first kappa shape index (κ1) is 10.4. The maximum atomic E-state index is 12.7. The second-order valence-corrected chi connectivity index (χ2v) is 2.88. The predicted molar refractivity (Wildman–Crippen MR) is 55.9 cm³/mol. The quantitative estimate of drug-likeness (QED) is 0.719. The Kier molecular flexibility index (Phi) is 3.40. The van der Waals surface area contributed by atoms with Crippen LogP contribution in [0.2, 0.25) is 0 Å². The van der Waals surface area contributed by atoms with Gasteiger partial charge >= 0.3 is 0 Å². The smallest absolute Gasteiger partial charge is 0.126 e. The van der Waals surface area contributed by atoms with Crippen LogP contribution in [0.4, 0.5) is 4.39 Å². The molecule has 1 aromatic carbocycles. The van der Waals surface area contributed by atoms with Crippen molar-refractivity contribution in [2.75, 3.05) is 0 Å². The van der Waals surface area contributed by atoms with Gasteiger partial charge in [-0.3, -0.25) is 4.99 Å². The van der Waals surface area contributed by atoms with E-state index in [9.17, 15) is 9.50 Å². The Bertz CT molecular complexity index is 383. The van der Waals surface area contributed by atoms with Crippen LogP contribution in [-0.2, 0) is 0 Å². The van der Waals surface area contributed by atoms with Crippen LogP contribution in [0.3, 0.4) is 0 Å². The summed E-state index contributed by atoms with van der Waals surface area (Å²) in [5.74, 6) is -0.511. The Morgan fingerprint density at radius 2 is 2.21 bits per heavy atom. The van der Waals surface area contributed by atoms with Gasteiger partial charge in [-0.15, -0.1) is 0 Å². The summed E-state index contributed by atoms with van der Waals surface area (Å²) < 4.78 is 12.7. The molecule has 0 atom stereocenters. The van der Waals surface area contributed by atoms with E-state index in [1.165, 1.54) is 12.1 Å². The fraction of sp³-hybridized carbons (Fsp3) is 0.182. The van der Waals surface area contributed by atoms with Gasteiger partial charge in [0.1, 0.15) is 11.6 Å². The average molecular weight is 193 g/mol. The topological polar surface area (TPSA) is 32.6 Å². The highest BCUT2D eigenvalue weighted by molar-refractivity contribution is 5.69. The minimum atomic E-state index is -0.446. The third-order valence-electron chi connectivity index (χ3n) is 1.80. The highest BCUT2D eigenvalue weighted by Gasteiger charge is 2.03. The van der Waals surface area contributed by atoms with Crippen molar-refractivity contribution in [2.24, 2.45) is 4.99 Å². The number of rotatable bonds is 2.